The van der Waals surface area contributed by atoms with Crippen molar-refractivity contribution in [3.63, 3.8) is 0 Å². The second-order valence-electron chi connectivity index (χ2n) is 5.72. The Morgan fingerprint density at radius 2 is 0.864 bits per heavy atom. The maximum absolute atomic E-state index is 3.71. The topological polar surface area (TPSA) is 0 Å². The van der Waals surface area contributed by atoms with Crippen molar-refractivity contribution in [1.29, 1.82) is 0 Å². The van der Waals surface area contributed by atoms with Crippen molar-refractivity contribution in [3.8, 4) is 0 Å². The maximum atomic E-state index is 3.71. The van der Waals surface area contributed by atoms with Gasteiger partial charge in [-0.25, -0.2) is 0 Å². The summed E-state index contributed by atoms with van der Waals surface area (Å²) in [6.45, 7) is 9.07. The van der Waals surface area contributed by atoms with E-state index in [2.05, 4.69) is 39.8 Å². The van der Waals surface area contributed by atoms with Gasteiger partial charge in [0.1, 0.15) is 0 Å². The van der Waals surface area contributed by atoms with Crippen LogP contribution in [0.1, 0.15) is 105 Å². The summed E-state index contributed by atoms with van der Waals surface area (Å²) < 4.78 is 0. The molecule has 0 atom stereocenters. The number of allylic oxidation sites excluding steroid dienone is 4. The third kappa shape index (κ3) is 15.6. The average molecular weight is 290 g/mol. The molecule has 0 nitrogen and oxygen atoms in total. The molecule has 0 amide bonds. The van der Waals surface area contributed by atoms with Crippen LogP contribution in [-0.2, 0) is 0 Å². The van der Waals surface area contributed by atoms with Crippen LogP contribution in [0.25, 0.3) is 0 Å². The Labute approximate surface area is 165 Å². The van der Waals surface area contributed by atoms with Gasteiger partial charge in [0.05, 0.1) is 0 Å². The molecule has 0 bridgehead atoms. The molecule has 118 valence electrons. The van der Waals surface area contributed by atoms with Crippen molar-refractivity contribution in [2.24, 2.45) is 0 Å². The van der Waals surface area contributed by atoms with E-state index in [9.17, 15) is 0 Å². The molecule has 0 N–H and O–H groups in total. The van der Waals surface area contributed by atoms with Crippen molar-refractivity contribution in [2.45, 2.75) is 105 Å². The Kier molecular flexibility index (Phi) is 27.1. The minimum absolute atomic E-state index is 0. The third-order valence-corrected chi connectivity index (χ3v) is 3.66. The van der Waals surface area contributed by atoms with Crippen molar-refractivity contribution in [2.75, 3.05) is 0 Å². The van der Waals surface area contributed by atoms with Crippen LogP contribution >= 0.6 is 0 Å². The first-order chi connectivity index (χ1) is 9.79. The normalized spacial score (nSPS) is 11.8. The van der Waals surface area contributed by atoms with Crippen LogP contribution in [0.5, 0.6) is 0 Å². The zero-order valence-electron chi connectivity index (χ0n) is 16.5. The molecule has 22 heavy (non-hydrogen) atoms. The summed E-state index contributed by atoms with van der Waals surface area (Å²) in [5.74, 6) is 0. The van der Waals surface area contributed by atoms with Gasteiger partial charge >= 0.3 is 37.7 Å². The van der Waals surface area contributed by atoms with E-state index in [1.165, 1.54) is 75.4 Å². The molecule has 0 aliphatic rings. The third-order valence-electron chi connectivity index (χ3n) is 3.66. The predicted molar refractivity (Wildman–Crippen MR) is 91.6 cm³/mol. The quantitative estimate of drug-likeness (QED) is 0.207. The molecule has 0 unspecified atom stereocenters. The van der Waals surface area contributed by atoms with E-state index in [-0.39, 0.29) is 37.7 Å². The Hall–Kier alpha value is 0.675. The first kappa shape index (κ1) is 27.5. The van der Waals surface area contributed by atoms with Gasteiger partial charge in [-0.2, -0.15) is 0 Å². The minimum atomic E-state index is 0. The molecule has 0 heterocycles. The van der Waals surface area contributed by atoms with E-state index in [1.807, 2.05) is 0 Å². The second-order valence-corrected chi connectivity index (χ2v) is 5.72. The van der Waals surface area contributed by atoms with E-state index < -0.39 is 0 Å². The van der Waals surface area contributed by atoms with Crippen LogP contribution in [0.15, 0.2) is 11.1 Å². The molecule has 0 radical (unpaired) electrons. The fourth-order valence-electron chi connectivity index (χ4n) is 2.23. The van der Waals surface area contributed by atoms with Crippen molar-refractivity contribution in [3.05, 3.63) is 23.3 Å². The number of unbranched alkanes of at least 4 members (excludes halogenated alkanes) is 6. The number of hydrogen-bond donors (Lipinski definition) is 0. The fraction of sp³-hybridized carbons (Fsp3) is 0.800. The molecule has 0 aliphatic carbocycles. The summed E-state index contributed by atoms with van der Waals surface area (Å²) >= 11 is 0. The molecule has 0 fully saturated rings. The van der Waals surface area contributed by atoms with Gasteiger partial charge in [-0.3, -0.25) is 0 Å². The van der Waals surface area contributed by atoms with Gasteiger partial charge in [0.25, 0.3) is 0 Å². The monoisotopic (exact) mass is 290 g/mol. The van der Waals surface area contributed by atoms with Gasteiger partial charge in [0, 0.05) is 0 Å². The van der Waals surface area contributed by atoms with Crippen LogP contribution in [0.4, 0.5) is 0 Å². The zero-order chi connectivity index (χ0) is 15.1. The Morgan fingerprint density at radius 3 is 1.14 bits per heavy atom. The summed E-state index contributed by atoms with van der Waals surface area (Å²) in [5, 5.41) is 0. The Morgan fingerprint density at radius 1 is 0.545 bits per heavy atom. The smallest absolute Gasteiger partial charge is 0.373 e. The summed E-state index contributed by atoms with van der Waals surface area (Å²) in [7, 11) is 0. The molecular weight excluding hydrogens is 254 g/mol. The van der Waals surface area contributed by atoms with Crippen molar-refractivity contribution in [1.82, 2.24) is 0 Å². The number of hydrogen-bond acceptors (Lipinski definition) is 0. The minimum Gasteiger partial charge on any atom is -0.373 e. The average Bonchev–Trinajstić information content (AvgIpc) is 2.47. The first-order valence-electron chi connectivity index (χ1n) is 8.99. The zero-order valence-corrected chi connectivity index (χ0v) is 16.5. The van der Waals surface area contributed by atoms with E-state index in [0.29, 0.717) is 0 Å². The van der Waals surface area contributed by atoms with Crippen LogP contribution in [0, 0.1) is 12.2 Å². The standard InChI is InChI=1S/C20H36.2Li/c1-5-9-13-17-19(15-11-7-3)20(16-12-8-4)18-14-10-6-2;;/h5-16H2,1-4H3;;/q-2;2*+1. The van der Waals surface area contributed by atoms with Crippen LogP contribution in [0.2, 0.25) is 0 Å². The molecule has 0 saturated heterocycles. The SMILES string of the molecule is CCCC[C-]=C(CCCC)C(=[C-]CCCC)CCCC.[Li+].[Li+]. The second kappa shape index (κ2) is 21.7. The van der Waals surface area contributed by atoms with Crippen molar-refractivity contribution >= 4 is 0 Å². The van der Waals surface area contributed by atoms with Crippen LogP contribution < -0.4 is 37.7 Å². The molecule has 0 saturated carbocycles. The molecule has 0 spiro atoms. The van der Waals surface area contributed by atoms with Crippen LogP contribution in [-0.4, -0.2) is 0 Å². The summed E-state index contributed by atoms with van der Waals surface area (Å²) in [6, 6.07) is 0. The van der Waals surface area contributed by atoms with Gasteiger partial charge in [-0.05, 0) is 0 Å². The molecular formula is C20H36Li2. The predicted octanol–water partition coefficient (Wildman–Crippen LogP) is 1.21. The molecule has 0 aliphatic heterocycles. The molecule has 0 aromatic heterocycles. The molecule has 0 rings (SSSR count). The Balaban J connectivity index is -0.00000180. The van der Waals surface area contributed by atoms with E-state index in [1.54, 1.807) is 0 Å². The van der Waals surface area contributed by atoms with Crippen molar-refractivity contribution < 1.29 is 37.7 Å². The summed E-state index contributed by atoms with van der Waals surface area (Å²) in [6.07, 6.45) is 22.3. The first-order valence-corrected chi connectivity index (χ1v) is 8.99. The molecule has 0 aromatic rings. The summed E-state index contributed by atoms with van der Waals surface area (Å²) in [4.78, 5) is 0. The van der Waals surface area contributed by atoms with Gasteiger partial charge in [0.15, 0.2) is 0 Å². The molecule has 2 heteroatoms. The fourth-order valence-corrected chi connectivity index (χ4v) is 2.23. The van der Waals surface area contributed by atoms with Crippen LogP contribution in [0.3, 0.4) is 0 Å². The largest absolute Gasteiger partial charge is 1.00 e. The van der Waals surface area contributed by atoms with E-state index in [0.717, 1.165) is 12.8 Å². The van der Waals surface area contributed by atoms with E-state index >= 15 is 0 Å². The van der Waals surface area contributed by atoms with Gasteiger partial charge < -0.3 is 23.3 Å². The Bertz CT molecular complexity index is 239. The van der Waals surface area contributed by atoms with Gasteiger partial charge in [0.2, 0.25) is 0 Å². The molecule has 0 aromatic carbocycles. The summed E-state index contributed by atoms with van der Waals surface area (Å²) in [5.41, 5.74) is 2.98. The maximum Gasteiger partial charge on any atom is 1.00 e. The number of rotatable bonds is 13. The van der Waals surface area contributed by atoms with Gasteiger partial charge in [-0.15, -0.1) is 25.7 Å². The van der Waals surface area contributed by atoms with Gasteiger partial charge in [-0.1, -0.05) is 79.1 Å². The van der Waals surface area contributed by atoms with E-state index in [4.69, 9.17) is 0 Å².